The second-order valence-electron chi connectivity index (χ2n) is 9.74. The van der Waals surface area contributed by atoms with Crippen LogP contribution in [-0.4, -0.2) is 0 Å². The molecule has 0 amide bonds. The maximum atomic E-state index is 6.63. The molecule has 2 aliphatic carbocycles. The van der Waals surface area contributed by atoms with E-state index in [4.69, 9.17) is 22.6 Å². The lowest BCUT2D eigenvalue weighted by atomic mass is 9.67. The summed E-state index contributed by atoms with van der Waals surface area (Å²) in [7, 11) is 0. The summed E-state index contributed by atoms with van der Waals surface area (Å²) in [6.07, 6.45) is 12.1. The SMILES string of the molecule is C=C1C(=CC=CCC)c2c(ccc3c2oc2ccccc23)C12c1cc(Cl)ccc1C(C=CC)C2C. The number of hydrogen-bond donors (Lipinski definition) is 0. The van der Waals surface area contributed by atoms with Crippen LogP contribution in [0.5, 0.6) is 0 Å². The van der Waals surface area contributed by atoms with Crippen LogP contribution in [0.4, 0.5) is 0 Å². The van der Waals surface area contributed by atoms with E-state index in [-0.39, 0.29) is 17.3 Å². The van der Waals surface area contributed by atoms with E-state index >= 15 is 0 Å². The molecule has 3 unspecified atom stereocenters. The smallest absolute Gasteiger partial charge is 0.143 e. The highest BCUT2D eigenvalue weighted by Crippen LogP contribution is 2.66. The zero-order valence-electron chi connectivity index (χ0n) is 20.4. The van der Waals surface area contributed by atoms with Crippen molar-refractivity contribution in [2.24, 2.45) is 5.92 Å². The normalized spacial score (nSPS) is 24.7. The maximum Gasteiger partial charge on any atom is 0.143 e. The Balaban J connectivity index is 1.75. The molecule has 3 atom stereocenters. The van der Waals surface area contributed by atoms with Crippen molar-refractivity contribution in [2.75, 3.05) is 0 Å². The minimum atomic E-state index is -0.362. The fraction of sp³-hybridized carbons (Fsp3) is 0.212. The molecule has 1 nitrogen and oxygen atoms in total. The Kier molecular flexibility index (Phi) is 5.16. The summed E-state index contributed by atoms with van der Waals surface area (Å²) >= 11 is 6.63. The lowest BCUT2D eigenvalue weighted by molar-refractivity contribution is 0.422. The van der Waals surface area contributed by atoms with E-state index < -0.39 is 0 Å². The van der Waals surface area contributed by atoms with Crippen molar-refractivity contribution >= 4 is 39.1 Å². The zero-order chi connectivity index (χ0) is 24.3. The minimum Gasteiger partial charge on any atom is -0.455 e. The van der Waals surface area contributed by atoms with Gasteiger partial charge in [-0.1, -0.05) is 98.8 Å². The maximum absolute atomic E-state index is 6.63. The first-order chi connectivity index (χ1) is 17.0. The van der Waals surface area contributed by atoms with Crippen LogP contribution in [0.25, 0.3) is 27.5 Å². The van der Waals surface area contributed by atoms with Crippen LogP contribution in [0, 0.1) is 5.92 Å². The van der Waals surface area contributed by atoms with Gasteiger partial charge in [0.25, 0.3) is 0 Å². The number of allylic oxidation sites excluding steroid dienone is 7. The van der Waals surface area contributed by atoms with Gasteiger partial charge in [-0.2, -0.15) is 0 Å². The van der Waals surface area contributed by atoms with Gasteiger partial charge in [0, 0.05) is 32.7 Å². The standard InChI is InChI=1S/C33H29ClO/c1-5-7-8-12-24-21(4)33(20(3)23(11-6-2)25-16-15-22(34)19-29(25)33)28-18-17-27-26-13-9-10-14-30(26)35-32(27)31(24)28/h6-20,23H,4-5H2,1-3H3. The van der Waals surface area contributed by atoms with Gasteiger partial charge in [0.1, 0.15) is 11.2 Å². The molecule has 0 saturated heterocycles. The molecular formula is C33H29ClO. The van der Waals surface area contributed by atoms with Crippen molar-refractivity contribution in [1.29, 1.82) is 0 Å². The highest BCUT2D eigenvalue weighted by Gasteiger charge is 2.57. The summed E-state index contributed by atoms with van der Waals surface area (Å²) in [6, 6.07) is 19.2. The fourth-order valence-corrected chi connectivity index (χ4v) is 6.82. The van der Waals surface area contributed by atoms with Gasteiger partial charge in [-0.15, -0.1) is 0 Å². The number of fused-ring (bicyclic) bond motifs is 8. The first-order valence-electron chi connectivity index (χ1n) is 12.5. The van der Waals surface area contributed by atoms with E-state index in [1.165, 1.54) is 22.3 Å². The molecule has 4 aromatic rings. The first-order valence-corrected chi connectivity index (χ1v) is 12.9. The number of furan rings is 1. The quantitative estimate of drug-likeness (QED) is 0.268. The molecule has 0 aliphatic heterocycles. The highest BCUT2D eigenvalue weighted by atomic mass is 35.5. The van der Waals surface area contributed by atoms with Crippen molar-refractivity contribution in [3.8, 4) is 0 Å². The van der Waals surface area contributed by atoms with Crippen molar-refractivity contribution in [2.45, 2.75) is 38.5 Å². The summed E-state index contributed by atoms with van der Waals surface area (Å²) in [4.78, 5) is 0. The van der Waals surface area contributed by atoms with E-state index in [0.717, 1.165) is 44.5 Å². The van der Waals surface area contributed by atoms with Crippen LogP contribution < -0.4 is 0 Å². The van der Waals surface area contributed by atoms with Crippen LogP contribution in [0.15, 0.2) is 102 Å². The Morgan fingerprint density at radius 3 is 2.69 bits per heavy atom. The van der Waals surface area contributed by atoms with Crippen LogP contribution >= 0.6 is 11.6 Å². The molecule has 0 radical (unpaired) electrons. The van der Waals surface area contributed by atoms with Gasteiger partial charge in [-0.25, -0.2) is 0 Å². The number of benzene rings is 3. The third-order valence-electron chi connectivity index (χ3n) is 8.10. The summed E-state index contributed by atoms with van der Waals surface area (Å²) in [5.74, 6) is 0.565. The van der Waals surface area contributed by atoms with Gasteiger partial charge in [0.15, 0.2) is 0 Å². The molecule has 2 heteroatoms. The lowest BCUT2D eigenvalue weighted by Gasteiger charge is -2.34. The van der Waals surface area contributed by atoms with Gasteiger partial charge in [0.05, 0.1) is 0 Å². The van der Waals surface area contributed by atoms with Crippen molar-refractivity contribution in [3.63, 3.8) is 0 Å². The van der Waals surface area contributed by atoms with Gasteiger partial charge in [0.2, 0.25) is 0 Å². The number of hydrogen-bond acceptors (Lipinski definition) is 1. The molecule has 1 aromatic heterocycles. The van der Waals surface area contributed by atoms with Crippen molar-refractivity contribution in [3.05, 3.63) is 124 Å². The second-order valence-corrected chi connectivity index (χ2v) is 10.2. The predicted octanol–water partition coefficient (Wildman–Crippen LogP) is 9.75. The molecular weight excluding hydrogens is 448 g/mol. The van der Waals surface area contributed by atoms with Crippen LogP contribution in [0.3, 0.4) is 0 Å². The second kappa shape index (κ2) is 8.14. The van der Waals surface area contributed by atoms with Crippen molar-refractivity contribution < 1.29 is 4.42 Å². The molecule has 174 valence electrons. The van der Waals surface area contributed by atoms with E-state index in [1.54, 1.807) is 0 Å². The van der Waals surface area contributed by atoms with Gasteiger partial charge >= 0.3 is 0 Å². The molecule has 3 aromatic carbocycles. The van der Waals surface area contributed by atoms with Crippen LogP contribution in [-0.2, 0) is 5.41 Å². The van der Waals surface area contributed by atoms with Crippen LogP contribution in [0.1, 0.15) is 55.4 Å². The first kappa shape index (κ1) is 22.2. The Labute approximate surface area is 212 Å². The molecule has 1 spiro atoms. The molecule has 35 heavy (non-hydrogen) atoms. The molecule has 2 aliphatic rings. The largest absolute Gasteiger partial charge is 0.455 e. The monoisotopic (exact) mass is 476 g/mol. The number of rotatable bonds is 3. The molecule has 6 rings (SSSR count). The molecule has 0 bridgehead atoms. The van der Waals surface area contributed by atoms with Gasteiger partial charge in [-0.3, -0.25) is 0 Å². The third kappa shape index (κ3) is 2.88. The van der Waals surface area contributed by atoms with Crippen molar-refractivity contribution in [1.82, 2.24) is 0 Å². The van der Waals surface area contributed by atoms with Gasteiger partial charge in [-0.05, 0) is 65.3 Å². The third-order valence-corrected chi connectivity index (χ3v) is 8.33. The van der Waals surface area contributed by atoms with E-state index in [1.807, 2.05) is 12.1 Å². The summed E-state index contributed by atoms with van der Waals surface area (Å²) in [6.45, 7) is 11.4. The summed E-state index contributed by atoms with van der Waals surface area (Å²) in [5.41, 5.74) is 8.84. The van der Waals surface area contributed by atoms with E-state index in [9.17, 15) is 0 Å². The molecule has 0 saturated carbocycles. The highest BCUT2D eigenvalue weighted by molar-refractivity contribution is 6.30. The average Bonchev–Trinajstić information content (AvgIpc) is 3.44. The van der Waals surface area contributed by atoms with Gasteiger partial charge < -0.3 is 4.42 Å². The minimum absolute atomic E-state index is 0.279. The average molecular weight is 477 g/mol. The lowest BCUT2D eigenvalue weighted by Crippen LogP contribution is -2.31. The predicted molar refractivity (Wildman–Crippen MR) is 149 cm³/mol. The number of para-hydroxylation sites is 1. The Bertz CT molecular complexity index is 1590. The Hall–Kier alpha value is -3.29. The summed E-state index contributed by atoms with van der Waals surface area (Å²) in [5, 5.41) is 3.06. The summed E-state index contributed by atoms with van der Waals surface area (Å²) < 4.78 is 6.56. The molecule has 1 heterocycles. The Morgan fingerprint density at radius 1 is 1.06 bits per heavy atom. The fourth-order valence-electron chi connectivity index (χ4n) is 6.65. The topological polar surface area (TPSA) is 13.1 Å². The van der Waals surface area contributed by atoms with E-state index in [0.29, 0.717) is 0 Å². The Morgan fingerprint density at radius 2 is 1.89 bits per heavy atom. The van der Waals surface area contributed by atoms with Crippen LogP contribution in [0.2, 0.25) is 5.02 Å². The number of halogens is 1. The molecule has 0 N–H and O–H groups in total. The van der Waals surface area contributed by atoms with E-state index in [2.05, 4.69) is 93.6 Å². The zero-order valence-corrected chi connectivity index (χ0v) is 21.2. The molecule has 0 fully saturated rings.